The maximum Gasteiger partial charge on any atom is 0.310 e. The summed E-state index contributed by atoms with van der Waals surface area (Å²) in [5.41, 5.74) is 2.41. The van der Waals surface area contributed by atoms with Gasteiger partial charge in [0.2, 0.25) is 0 Å². The quantitative estimate of drug-likeness (QED) is 0.593. The highest BCUT2D eigenvalue weighted by Crippen LogP contribution is 2.30. The normalized spacial score (nSPS) is 16.1. The Morgan fingerprint density at radius 3 is 2.52 bits per heavy atom. The van der Waals surface area contributed by atoms with Gasteiger partial charge in [0.05, 0.1) is 10.8 Å². The van der Waals surface area contributed by atoms with E-state index in [0.717, 1.165) is 27.6 Å². The predicted octanol–water partition coefficient (Wildman–Crippen LogP) is 5.11. The molecule has 1 amide bonds. The van der Waals surface area contributed by atoms with E-state index in [1.807, 2.05) is 42.5 Å². The molecule has 0 aromatic heterocycles. The number of hydrogen-bond donors (Lipinski definition) is 2. The number of carbonyl (C=O) groups is 2. The van der Waals surface area contributed by atoms with Crippen molar-refractivity contribution >= 4 is 51.3 Å². The molecule has 0 saturated carbocycles. The lowest BCUT2D eigenvalue weighted by Crippen LogP contribution is -2.08. The van der Waals surface area contributed by atoms with Crippen LogP contribution in [0.1, 0.15) is 24.0 Å². The summed E-state index contributed by atoms with van der Waals surface area (Å²) in [6.45, 7) is 1.64. The molecule has 4 rings (SSSR count). The largest absolute Gasteiger partial charge is 0.481 e. The first-order chi connectivity index (χ1) is 14.0. The Bertz CT molecular complexity index is 1170. The first kappa shape index (κ1) is 19.0. The van der Waals surface area contributed by atoms with Gasteiger partial charge in [0, 0.05) is 5.69 Å². The molecule has 1 heterocycles. The molecule has 29 heavy (non-hydrogen) atoms. The topological polar surface area (TPSA) is 78.8 Å². The zero-order valence-electron chi connectivity index (χ0n) is 15.6. The number of hydrogen-bond acceptors (Lipinski definition) is 4. The van der Waals surface area contributed by atoms with Crippen LogP contribution in [0.4, 0.5) is 5.69 Å². The molecule has 0 spiro atoms. The zero-order valence-corrected chi connectivity index (χ0v) is 16.4. The fourth-order valence-electron chi connectivity index (χ4n) is 3.03. The van der Waals surface area contributed by atoms with E-state index in [0.29, 0.717) is 10.1 Å². The highest BCUT2D eigenvalue weighted by Gasteiger charge is 2.22. The molecule has 3 aromatic carbocycles. The molecule has 0 radical (unpaired) electrons. The number of rotatable bonds is 4. The van der Waals surface area contributed by atoms with Crippen molar-refractivity contribution in [2.75, 3.05) is 5.32 Å². The van der Waals surface area contributed by atoms with Gasteiger partial charge >= 0.3 is 5.97 Å². The molecule has 1 atom stereocenters. The number of carboxylic acids is 1. The van der Waals surface area contributed by atoms with Crippen molar-refractivity contribution in [3.05, 3.63) is 82.8 Å². The van der Waals surface area contributed by atoms with Gasteiger partial charge in [0.15, 0.2) is 5.17 Å². The van der Waals surface area contributed by atoms with Crippen molar-refractivity contribution in [1.29, 1.82) is 0 Å². The third kappa shape index (κ3) is 4.22. The van der Waals surface area contributed by atoms with Gasteiger partial charge in [-0.25, -0.2) is 0 Å². The fraction of sp³-hybridized carbons (Fsp3) is 0.0870. The molecule has 3 aromatic rings. The van der Waals surface area contributed by atoms with Crippen molar-refractivity contribution < 1.29 is 14.7 Å². The van der Waals surface area contributed by atoms with Gasteiger partial charge in [-0.1, -0.05) is 48.5 Å². The highest BCUT2D eigenvalue weighted by molar-refractivity contribution is 8.18. The zero-order chi connectivity index (χ0) is 20.4. The van der Waals surface area contributed by atoms with Gasteiger partial charge < -0.3 is 10.4 Å². The Morgan fingerprint density at radius 2 is 1.79 bits per heavy atom. The van der Waals surface area contributed by atoms with Crippen molar-refractivity contribution in [2.45, 2.75) is 12.8 Å². The summed E-state index contributed by atoms with van der Waals surface area (Å²) in [5, 5.41) is 15.0. The number of aliphatic carboxylic acids is 1. The number of anilines is 1. The Balaban J connectivity index is 1.47. The Kier molecular flexibility index (Phi) is 5.18. The van der Waals surface area contributed by atoms with Gasteiger partial charge in [0.1, 0.15) is 0 Å². The SMILES string of the molecule is CC(C(=O)O)c1ccc(NC2=NC(=O)C(=Cc3ccc4ccccc4c3)S2)cc1. The lowest BCUT2D eigenvalue weighted by Gasteiger charge is -2.09. The molecule has 2 N–H and O–H groups in total. The minimum atomic E-state index is -0.865. The number of nitrogens with one attached hydrogen (secondary N) is 1. The van der Waals surface area contributed by atoms with E-state index in [4.69, 9.17) is 5.11 Å². The van der Waals surface area contributed by atoms with Gasteiger partial charge in [-0.15, -0.1) is 0 Å². The summed E-state index contributed by atoms with van der Waals surface area (Å²) in [4.78, 5) is 28.0. The van der Waals surface area contributed by atoms with Crippen LogP contribution in [-0.4, -0.2) is 22.2 Å². The molecule has 6 heteroatoms. The van der Waals surface area contributed by atoms with E-state index >= 15 is 0 Å². The maximum absolute atomic E-state index is 12.3. The van der Waals surface area contributed by atoms with Crippen molar-refractivity contribution in [3.8, 4) is 0 Å². The number of carbonyl (C=O) groups excluding carboxylic acids is 1. The van der Waals surface area contributed by atoms with Crippen LogP contribution in [0.3, 0.4) is 0 Å². The highest BCUT2D eigenvalue weighted by atomic mass is 32.2. The van der Waals surface area contributed by atoms with Crippen molar-refractivity contribution in [3.63, 3.8) is 0 Å². The van der Waals surface area contributed by atoms with Gasteiger partial charge in [0.25, 0.3) is 5.91 Å². The minimum absolute atomic E-state index is 0.276. The summed E-state index contributed by atoms with van der Waals surface area (Å²) < 4.78 is 0. The van der Waals surface area contributed by atoms with Crippen LogP contribution in [0.5, 0.6) is 0 Å². The van der Waals surface area contributed by atoms with Crippen molar-refractivity contribution in [1.82, 2.24) is 0 Å². The number of thioether (sulfide) groups is 1. The maximum atomic E-state index is 12.3. The number of amides is 1. The molecule has 1 aliphatic rings. The van der Waals surface area contributed by atoms with Gasteiger partial charge in [-0.05, 0) is 64.9 Å². The number of fused-ring (bicyclic) bond motifs is 1. The molecular weight excluding hydrogens is 384 g/mol. The monoisotopic (exact) mass is 402 g/mol. The van der Waals surface area contributed by atoms with Crippen molar-refractivity contribution in [2.24, 2.45) is 4.99 Å². The minimum Gasteiger partial charge on any atom is -0.481 e. The number of nitrogens with zero attached hydrogens (tertiary/aromatic N) is 1. The van der Waals surface area contributed by atoms with Crippen LogP contribution >= 0.6 is 11.8 Å². The summed E-state index contributed by atoms with van der Waals surface area (Å²) in [7, 11) is 0. The van der Waals surface area contributed by atoms with E-state index < -0.39 is 11.9 Å². The first-order valence-electron chi connectivity index (χ1n) is 9.11. The van der Waals surface area contributed by atoms with E-state index in [1.165, 1.54) is 11.8 Å². The predicted molar refractivity (Wildman–Crippen MR) is 118 cm³/mol. The van der Waals surface area contributed by atoms with Crippen LogP contribution in [0.2, 0.25) is 0 Å². The van der Waals surface area contributed by atoms with Crippen LogP contribution in [0.15, 0.2) is 76.6 Å². The summed E-state index contributed by atoms with van der Waals surface area (Å²) in [6.07, 6.45) is 1.84. The Morgan fingerprint density at radius 1 is 1.07 bits per heavy atom. The van der Waals surface area contributed by atoms with Crippen LogP contribution in [0.25, 0.3) is 16.8 Å². The summed E-state index contributed by atoms with van der Waals surface area (Å²) >= 11 is 1.29. The van der Waals surface area contributed by atoms with E-state index in [1.54, 1.807) is 31.2 Å². The molecule has 144 valence electrons. The molecule has 0 aliphatic carbocycles. The molecular formula is C23H18N2O3S. The standard InChI is InChI=1S/C23H18N2O3S/c1-14(22(27)28)16-8-10-19(11-9-16)24-23-25-21(26)20(29-23)13-15-6-7-17-4-2-3-5-18(17)12-15/h2-14H,1H3,(H,27,28)(H,24,25,26). The average molecular weight is 402 g/mol. The Labute approximate surface area is 172 Å². The average Bonchev–Trinajstić information content (AvgIpc) is 3.06. The van der Waals surface area contributed by atoms with Gasteiger partial charge in [-0.2, -0.15) is 4.99 Å². The molecule has 1 unspecified atom stereocenters. The van der Waals surface area contributed by atoms with E-state index in [9.17, 15) is 9.59 Å². The number of benzene rings is 3. The number of aliphatic imine (C=N–C) groups is 1. The number of amidine groups is 1. The molecule has 1 aliphatic heterocycles. The summed E-state index contributed by atoms with van der Waals surface area (Å²) in [5.74, 6) is -1.71. The second-order valence-corrected chi connectivity index (χ2v) is 7.78. The second kappa shape index (κ2) is 7.93. The first-order valence-corrected chi connectivity index (χ1v) is 9.92. The third-order valence-corrected chi connectivity index (χ3v) is 5.62. The van der Waals surface area contributed by atoms with Crippen LogP contribution in [-0.2, 0) is 9.59 Å². The second-order valence-electron chi connectivity index (χ2n) is 6.75. The fourth-order valence-corrected chi connectivity index (χ4v) is 3.87. The van der Waals surface area contributed by atoms with Crippen LogP contribution in [0, 0.1) is 0 Å². The lowest BCUT2D eigenvalue weighted by atomic mass is 10.0. The number of carboxylic acid groups (broad SMARTS) is 1. The van der Waals surface area contributed by atoms with E-state index in [2.05, 4.69) is 16.4 Å². The lowest BCUT2D eigenvalue weighted by molar-refractivity contribution is -0.138. The third-order valence-electron chi connectivity index (χ3n) is 4.72. The van der Waals surface area contributed by atoms with E-state index in [-0.39, 0.29) is 5.91 Å². The molecule has 0 saturated heterocycles. The summed E-state index contributed by atoms with van der Waals surface area (Å²) in [6, 6.07) is 21.2. The molecule has 0 bridgehead atoms. The molecule has 0 fully saturated rings. The Hall–Kier alpha value is -3.38. The van der Waals surface area contributed by atoms with Gasteiger partial charge in [-0.3, -0.25) is 9.59 Å². The molecule has 5 nitrogen and oxygen atoms in total. The smallest absolute Gasteiger partial charge is 0.310 e. The van der Waals surface area contributed by atoms with Crippen LogP contribution < -0.4 is 5.32 Å².